The Morgan fingerprint density at radius 3 is 1.30 bits per heavy atom. The largest absolute Gasteiger partial charge is 0.396 e. The molecule has 26 nitrogen and oxygen atoms in total. The van der Waals surface area contributed by atoms with E-state index in [1.807, 2.05) is 51.4 Å². The SMILES string of the molecule is CC(CCO)N1CCCC(C2CN(c3cnc4c(C#N)nn(C(C)c5ccc(Cl)cc5Cl)c4n3)C2)C1.CC(c1ccc(Cl)cc1Cl)n1nc(C#N)c2ncc(N3CC(C4CCCN(CCCC(N)=O)C4)C3)nc21.CC(c1ccc(Cl)cc1Cl)n1nc(C#N)c2ncc(N3CC(C4CCCN(Cc5ncc[nH]5)C4)C3)nc21. The molecule has 0 aliphatic carbocycles. The van der Waals surface area contributed by atoms with Gasteiger partial charge >= 0.3 is 0 Å². The maximum atomic E-state index is 11.1. The van der Waals surface area contributed by atoms with Gasteiger partial charge in [-0.3, -0.25) is 9.69 Å². The third-order valence-electron chi connectivity index (χ3n) is 23.1. The highest BCUT2D eigenvalue weighted by molar-refractivity contribution is 6.36. The van der Waals surface area contributed by atoms with Crippen LogP contribution in [0.1, 0.15) is 143 Å². The maximum absolute atomic E-state index is 11.1. The minimum absolute atomic E-state index is 0.227. The Kier molecular flexibility index (Phi) is 24.6. The highest BCUT2D eigenvalue weighted by Crippen LogP contribution is 2.41. The zero-order chi connectivity index (χ0) is 77.0. The number of halogens is 6. The fourth-order valence-electron chi connectivity index (χ4n) is 16.7. The van der Waals surface area contributed by atoms with Gasteiger partial charge < -0.3 is 40.3 Å². The Hall–Kier alpha value is -8.56. The van der Waals surface area contributed by atoms with Crippen molar-refractivity contribution in [2.24, 2.45) is 41.2 Å². The number of hydrogen-bond donors (Lipinski definition) is 3. The number of benzene rings is 3. The number of likely N-dealkylation sites (tertiary alicyclic amines) is 3. The molecule has 6 fully saturated rings. The van der Waals surface area contributed by atoms with Crippen molar-refractivity contribution in [1.82, 2.24) is 83.9 Å². The summed E-state index contributed by atoms with van der Waals surface area (Å²) in [7, 11) is 0. The normalized spacial score (nSPS) is 20.0. The van der Waals surface area contributed by atoms with Crippen molar-refractivity contribution in [2.45, 2.75) is 116 Å². The van der Waals surface area contributed by atoms with E-state index in [2.05, 4.69) is 94.7 Å². The Morgan fingerprint density at radius 1 is 0.536 bits per heavy atom. The van der Waals surface area contributed by atoms with Crippen LogP contribution in [0.2, 0.25) is 30.1 Å². The van der Waals surface area contributed by atoms with E-state index in [9.17, 15) is 25.7 Å². The predicted octanol–water partition coefficient (Wildman–Crippen LogP) is 13.2. The molecular formula is C78H88Cl6N24O2. The highest BCUT2D eigenvalue weighted by atomic mass is 35.5. The van der Waals surface area contributed by atoms with E-state index in [0.29, 0.717) is 112 Å². The van der Waals surface area contributed by atoms with Gasteiger partial charge in [0.05, 0.1) is 43.3 Å². The topological polar surface area (TPSA) is 314 Å². The first-order valence-corrected chi connectivity index (χ1v) is 40.1. The molecule has 7 aromatic heterocycles. The number of aromatic amines is 1. The number of carbonyl (C=O) groups excluding carboxylic acids is 1. The zero-order valence-electron chi connectivity index (χ0n) is 61.9. The van der Waals surface area contributed by atoms with E-state index in [4.69, 9.17) is 90.3 Å². The second-order valence-corrected chi connectivity index (χ2v) is 32.7. The molecule has 7 atom stereocenters. The van der Waals surface area contributed by atoms with Gasteiger partial charge in [0.2, 0.25) is 5.91 Å². The molecule has 1 amide bonds. The number of rotatable bonds is 21. The number of carbonyl (C=O) groups is 1. The molecule has 4 N–H and O–H groups in total. The molecule has 110 heavy (non-hydrogen) atoms. The molecule has 10 aromatic rings. The quantitative estimate of drug-likeness (QED) is 0.0602. The van der Waals surface area contributed by atoms with Crippen LogP contribution < -0.4 is 20.4 Å². The first-order chi connectivity index (χ1) is 53.2. The first-order valence-electron chi connectivity index (χ1n) is 37.8. The van der Waals surface area contributed by atoms with E-state index in [0.717, 1.165) is 144 Å². The van der Waals surface area contributed by atoms with Crippen LogP contribution in [0.25, 0.3) is 33.5 Å². The minimum Gasteiger partial charge on any atom is -0.396 e. The summed E-state index contributed by atoms with van der Waals surface area (Å²) in [6.07, 6.45) is 18.4. The number of nitrogens with zero attached hydrogens (tertiary/aromatic N) is 22. The highest BCUT2D eigenvalue weighted by Gasteiger charge is 2.41. The van der Waals surface area contributed by atoms with Crippen LogP contribution in [0, 0.1) is 69.5 Å². The van der Waals surface area contributed by atoms with Gasteiger partial charge in [0.25, 0.3) is 0 Å². The van der Waals surface area contributed by atoms with Gasteiger partial charge in [-0.25, -0.2) is 48.9 Å². The number of imidazole rings is 1. The summed E-state index contributed by atoms with van der Waals surface area (Å²) in [5.74, 6) is 7.03. The number of primary amides is 1. The van der Waals surface area contributed by atoms with Gasteiger partial charge in [0.1, 0.15) is 58.0 Å². The third-order valence-corrected chi connectivity index (χ3v) is 24.8. The fraction of sp³-hybridized carbons (Fsp3) is 0.487. The molecular weight excluding hydrogens is 1520 g/mol. The monoisotopic (exact) mass is 1600 g/mol. The average Bonchev–Trinajstić information content (AvgIpc) is 1.58. The first kappa shape index (κ1) is 78.1. The lowest BCUT2D eigenvalue weighted by Gasteiger charge is -2.48. The smallest absolute Gasteiger partial charge is 0.217 e. The van der Waals surface area contributed by atoms with Crippen LogP contribution in [0.3, 0.4) is 0 Å². The summed E-state index contributed by atoms with van der Waals surface area (Å²) in [5.41, 5.74) is 11.8. The molecule has 6 aliphatic rings. The van der Waals surface area contributed by atoms with Crippen molar-refractivity contribution in [3.63, 3.8) is 0 Å². The van der Waals surface area contributed by atoms with Crippen LogP contribution in [0.15, 0.2) is 85.6 Å². The van der Waals surface area contributed by atoms with Crippen LogP contribution in [0.4, 0.5) is 17.5 Å². The number of aliphatic hydroxyl groups is 1. The Balaban J connectivity index is 0.000000138. The summed E-state index contributed by atoms with van der Waals surface area (Å²) < 4.78 is 5.20. The van der Waals surface area contributed by atoms with E-state index in [1.165, 1.54) is 38.5 Å². The number of anilines is 3. The van der Waals surface area contributed by atoms with E-state index in [-0.39, 0.29) is 47.7 Å². The molecule has 6 saturated heterocycles. The molecule has 574 valence electrons. The van der Waals surface area contributed by atoms with Crippen molar-refractivity contribution in [2.75, 3.05) is 106 Å². The number of amides is 1. The molecule has 0 saturated carbocycles. The number of nitrogens with one attached hydrogen (secondary N) is 1. The fourth-order valence-corrected chi connectivity index (χ4v) is 18.4. The van der Waals surface area contributed by atoms with Gasteiger partial charge in [-0.1, -0.05) is 87.8 Å². The molecule has 16 rings (SSSR count). The van der Waals surface area contributed by atoms with Crippen LogP contribution in [-0.4, -0.2) is 193 Å². The standard InChI is InChI=1S/C26H27Cl2N9.C26H30Cl2N8O.C26H31Cl2N7O/c1-16(20-5-4-19(27)9-21(20)28)37-26-25(22(10-29)34-37)32-11-24(33-26)36-13-18(14-36)17-3-2-8-35(12-17)15-23-30-6-7-31-23;1-16(20-7-6-19(27)10-21(20)28)36-26-25(22(11-29)33-36)31-12-24(32-26)35-14-18(15-35)17-4-2-8-34(13-17)9-3-5-23(30)37;1-16(7-9-36)33-8-3-4-18(13-33)19-14-34(15-19)24-12-30-25-23(11-29)32-35(26(25)31-24)17(2)21-6-5-20(27)10-22(21)28/h4-7,9,11,16-18H,2-3,8,12-15H2,1H3,(H,30,31);6-7,10,12,16-18H,2-5,8-9,13-15H2,1H3,(H2,30,37);5-6,10,12,16-19,36H,3-4,7-9,13-15H2,1-2H3. The third kappa shape index (κ3) is 17.1. The summed E-state index contributed by atoms with van der Waals surface area (Å²) in [6.45, 7) is 22.5. The number of nitriles is 3. The van der Waals surface area contributed by atoms with E-state index in [1.54, 1.807) is 69.0 Å². The molecule has 0 radical (unpaired) electrons. The average molecular weight is 1610 g/mol. The summed E-state index contributed by atoms with van der Waals surface area (Å²) in [5, 5.41) is 55.1. The maximum Gasteiger partial charge on any atom is 0.217 e. The van der Waals surface area contributed by atoms with E-state index >= 15 is 0 Å². The second kappa shape index (κ2) is 34.6. The molecule has 13 heterocycles. The molecule has 0 spiro atoms. The van der Waals surface area contributed by atoms with Crippen molar-refractivity contribution in [3.05, 3.63) is 155 Å². The van der Waals surface area contributed by atoms with Crippen molar-refractivity contribution in [3.8, 4) is 18.2 Å². The molecule has 7 unspecified atom stereocenters. The van der Waals surface area contributed by atoms with Gasteiger partial charge in [0.15, 0.2) is 34.0 Å². The van der Waals surface area contributed by atoms with Crippen molar-refractivity contribution < 1.29 is 9.90 Å². The van der Waals surface area contributed by atoms with Crippen molar-refractivity contribution >= 4 is 126 Å². The number of hydrogen-bond acceptors (Lipinski definition) is 21. The van der Waals surface area contributed by atoms with Gasteiger partial charge in [-0.15, -0.1) is 0 Å². The number of H-pyrrole nitrogens is 1. The molecule has 6 aliphatic heterocycles. The molecule has 3 aromatic carbocycles. The minimum atomic E-state index is -0.258. The van der Waals surface area contributed by atoms with Gasteiger partial charge in [-0.2, -0.15) is 31.1 Å². The van der Waals surface area contributed by atoms with Crippen LogP contribution in [-0.2, 0) is 11.3 Å². The number of nitrogens with two attached hydrogens (primary N) is 1. The summed E-state index contributed by atoms with van der Waals surface area (Å²) in [4.78, 5) is 61.4. The predicted molar refractivity (Wildman–Crippen MR) is 428 cm³/mol. The summed E-state index contributed by atoms with van der Waals surface area (Å²) >= 11 is 37.7. The second-order valence-electron chi connectivity index (χ2n) is 30.1. The Labute approximate surface area is 669 Å². The Bertz CT molecular complexity index is 5070. The molecule has 32 heteroatoms. The number of piperidine rings is 3. The zero-order valence-corrected chi connectivity index (χ0v) is 66.4. The molecule has 0 bridgehead atoms. The van der Waals surface area contributed by atoms with E-state index < -0.39 is 0 Å². The number of aromatic nitrogens is 14. The van der Waals surface area contributed by atoms with Gasteiger partial charge in [0, 0.05) is 121 Å². The lowest BCUT2D eigenvalue weighted by atomic mass is 9.80. The summed E-state index contributed by atoms with van der Waals surface area (Å²) in [6, 6.07) is 22.2. The lowest BCUT2D eigenvalue weighted by molar-refractivity contribution is -0.118. The number of aliphatic hydroxyl groups excluding tert-OH is 1. The lowest BCUT2D eigenvalue weighted by Crippen LogP contribution is -2.54. The van der Waals surface area contributed by atoms with Gasteiger partial charge in [-0.05, 0) is 194 Å². The van der Waals surface area contributed by atoms with Crippen molar-refractivity contribution in [1.29, 1.82) is 15.8 Å². The van der Waals surface area contributed by atoms with Crippen LogP contribution >= 0.6 is 69.6 Å². The Morgan fingerprint density at radius 2 is 0.927 bits per heavy atom. The number of fused-ring (bicyclic) bond motifs is 3. The van der Waals surface area contributed by atoms with Crippen LogP contribution in [0.5, 0.6) is 0 Å².